The molecule has 0 aliphatic heterocycles. The number of carboxylic acids is 2. The molecule has 0 saturated heterocycles. The molecule has 0 fully saturated rings. The van der Waals surface area contributed by atoms with E-state index in [1.54, 1.807) is 8.87 Å². The van der Waals surface area contributed by atoms with E-state index in [2.05, 4.69) is 66.8 Å². The van der Waals surface area contributed by atoms with Crippen LogP contribution in [0.15, 0.2) is 0 Å². The van der Waals surface area contributed by atoms with Crippen molar-refractivity contribution in [3.8, 4) is 0 Å². The van der Waals surface area contributed by atoms with E-state index in [1.807, 2.05) is 0 Å². The SMILES string of the molecule is CCCCC(CC)CC(CS)C(=O)[O-].CCCCC(CC)CC(CS)C(=O)[O-].CCC[CH2][Sn+2][CH2]CCC. The predicted octanol–water partition coefficient (Wildman–Crippen LogP) is 6.91. The summed E-state index contributed by atoms with van der Waals surface area (Å²) in [5.74, 6) is -0.823. The molecule has 0 aliphatic carbocycles. The van der Waals surface area contributed by atoms with Crippen LogP contribution < -0.4 is 10.2 Å². The summed E-state index contributed by atoms with van der Waals surface area (Å²) in [4.78, 5) is 21.4. The number of rotatable bonds is 22. The quantitative estimate of drug-likeness (QED) is 0.0748. The molecule has 37 heavy (non-hydrogen) atoms. The zero-order chi connectivity index (χ0) is 28.9. The molecule has 220 valence electrons. The second-order valence-corrected chi connectivity index (χ2v) is 15.2. The molecule has 0 aromatic rings. The first-order valence-corrected chi connectivity index (χ1v) is 20.4. The van der Waals surface area contributed by atoms with E-state index in [9.17, 15) is 19.8 Å². The first-order chi connectivity index (χ1) is 17.7. The molecule has 0 rings (SSSR count). The van der Waals surface area contributed by atoms with Crippen LogP contribution in [0.5, 0.6) is 0 Å². The van der Waals surface area contributed by atoms with Crippen molar-refractivity contribution < 1.29 is 19.8 Å². The molecule has 4 atom stereocenters. The molecule has 0 amide bonds. The Morgan fingerprint density at radius 2 is 0.946 bits per heavy atom. The number of aliphatic carboxylic acids is 2. The summed E-state index contributed by atoms with van der Waals surface area (Å²) in [6.45, 7) is 13.1. The Kier molecular flexibility index (Phi) is 37.0. The van der Waals surface area contributed by atoms with Gasteiger partial charge < -0.3 is 19.8 Å². The van der Waals surface area contributed by atoms with Crippen molar-refractivity contribution in [3.63, 3.8) is 0 Å². The fraction of sp³-hybridized carbons (Fsp3) is 0.933. The second kappa shape index (κ2) is 32.6. The first kappa shape index (κ1) is 41.9. The van der Waals surface area contributed by atoms with Crippen LogP contribution in [0.4, 0.5) is 0 Å². The molecule has 4 nitrogen and oxygen atoms in total. The van der Waals surface area contributed by atoms with Gasteiger partial charge in [-0.15, -0.1) is 0 Å². The average Bonchev–Trinajstić information content (AvgIpc) is 2.89. The maximum absolute atomic E-state index is 10.7. The predicted molar refractivity (Wildman–Crippen MR) is 166 cm³/mol. The van der Waals surface area contributed by atoms with Gasteiger partial charge in [0.1, 0.15) is 0 Å². The summed E-state index contributed by atoms with van der Waals surface area (Å²) in [6, 6.07) is 0. The summed E-state index contributed by atoms with van der Waals surface area (Å²) in [5, 5.41) is 21.4. The van der Waals surface area contributed by atoms with Crippen molar-refractivity contribution in [1.82, 2.24) is 0 Å². The minimum absolute atomic E-state index is 0.149. The van der Waals surface area contributed by atoms with Gasteiger partial charge in [-0.25, -0.2) is 0 Å². The van der Waals surface area contributed by atoms with Gasteiger partial charge in [-0.1, -0.05) is 79.1 Å². The van der Waals surface area contributed by atoms with Gasteiger partial charge in [0.05, 0.1) is 0 Å². The number of hydrogen-bond donors (Lipinski definition) is 2. The third kappa shape index (κ3) is 29.2. The molecule has 0 radical (unpaired) electrons. The molecule has 7 heteroatoms. The molecular weight excluding hydrogens is 607 g/mol. The van der Waals surface area contributed by atoms with E-state index in [0.29, 0.717) is 23.3 Å². The molecule has 0 N–H and O–H groups in total. The Balaban J connectivity index is -0.000000481. The number of hydrogen-bond acceptors (Lipinski definition) is 6. The van der Waals surface area contributed by atoms with Crippen molar-refractivity contribution in [3.05, 3.63) is 0 Å². The summed E-state index contributed by atoms with van der Waals surface area (Å²) in [6.07, 6.45) is 16.4. The van der Waals surface area contributed by atoms with E-state index >= 15 is 0 Å². The van der Waals surface area contributed by atoms with Gasteiger partial charge in [-0.05, 0) is 36.2 Å². The Hall–Kier alpha value is 0.439. The van der Waals surface area contributed by atoms with E-state index in [1.165, 1.54) is 51.4 Å². The number of carbonyl (C=O) groups is 2. The van der Waals surface area contributed by atoms with E-state index in [4.69, 9.17) is 0 Å². The Labute approximate surface area is 252 Å². The summed E-state index contributed by atoms with van der Waals surface area (Å²) < 4.78 is 3.25. The van der Waals surface area contributed by atoms with Crippen LogP contribution in [0, 0.1) is 23.7 Å². The zero-order valence-corrected chi connectivity index (χ0v) is 29.7. The number of unbranched alkanes of at least 4 members (excludes halogenated alkanes) is 4. The van der Waals surface area contributed by atoms with Gasteiger partial charge in [-0.2, -0.15) is 25.3 Å². The maximum atomic E-state index is 10.7. The van der Waals surface area contributed by atoms with Gasteiger partial charge in [0, 0.05) is 23.8 Å². The topological polar surface area (TPSA) is 80.3 Å². The zero-order valence-electron chi connectivity index (χ0n) is 25.1. The Morgan fingerprint density at radius 1 is 0.622 bits per heavy atom. The molecule has 0 aromatic carbocycles. The van der Waals surface area contributed by atoms with E-state index in [-0.39, 0.29) is 33.0 Å². The van der Waals surface area contributed by atoms with E-state index < -0.39 is 11.9 Å². The number of carbonyl (C=O) groups excluding carboxylic acids is 2. The first-order valence-electron chi connectivity index (χ1n) is 15.1. The molecule has 0 aromatic heterocycles. The molecular formula is C30H60O4S2Sn. The Bertz CT molecular complexity index is 452. The van der Waals surface area contributed by atoms with Crippen LogP contribution in [0.1, 0.15) is 131 Å². The van der Waals surface area contributed by atoms with Crippen LogP contribution in [0.3, 0.4) is 0 Å². The number of carboxylic acid groups (broad SMARTS) is 2. The van der Waals surface area contributed by atoms with Crippen molar-refractivity contribution in [2.45, 2.75) is 140 Å². The van der Waals surface area contributed by atoms with Crippen LogP contribution in [-0.2, 0) is 9.59 Å². The van der Waals surface area contributed by atoms with Crippen LogP contribution in [0.2, 0.25) is 8.87 Å². The third-order valence-electron chi connectivity index (χ3n) is 6.84. The van der Waals surface area contributed by atoms with Crippen molar-refractivity contribution >= 4 is 58.3 Å². The summed E-state index contributed by atoms with van der Waals surface area (Å²) in [7, 11) is 0. The molecule has 0 aliphatic rings. The van der Waals surface area contributed by atoms with Gasteiger partial charge in [0.15, 0.2) is 0 Å². The monoisotopic (exact) mass is 668 g/mol. The van der Waals surface area contributed by atoms with Crippen LogP contribution in [0.25, 0.3) is 0 Å². The third-order valence-corrected chi connectivity index (χ3v) is 11.8. The van der Waals surface area contributed by atoms with Crippen LogP contribution >= 0.6 is 25.3 Å². The fourth-order valence-corrected chi connectivity index (χ4v) is 8.74. The van der Waals surface area contributed by atoms with Gasteiger partial charge in [0.25, 0.3) is 0 Å². The standard InChI is InChI=1S/2C11H22O2S.2C4H9.Sn/c2*1-3-5-6-9(4-2)7-10(8-14)11(12)13;2*1-3-4-2;/h2*9-10,14H,3-8H2,1-2H3,(H,12,13);2*1,3-4H2,2H3;/q;;;;+2/p-2. The van der Waals surface area contributed by atoms with Crippen LogP contribution in [-0.4, -0.2) is 44.6 Å². The van der Waals surface area contributed by atoms with Crippen molar-refractivity contribution in [2.75, 3.05) is 11.5 Å². The molecule has 0 saturated carbocycles. The van der Waals surface area contributed by atoms with Crippen molar-refractivity contribution in [1.29, 1.82) is 0 Å². The summed E-state index contributed by atoms with van der Waals surface area (Å²) in [5.41, 5.74) is 0. The fourth-order valence-electron chi connectivity index (χ4n) is 3.99. The van der Waals surface area contributed by atoms with Gasteiger partial charge in [-0.3, -0.25) is 0 Å². The molecule has 4 unspecified atom stereocenters. The summed E-state index contributed by atoms with van der Waals surface area (Å²) >= 11 is 8.23. The second-order valence-electron chi connectivity index (χ2n) is 10.2. The van der Waals surface area contributed by atoms with Gasteiger partial charge in [0.2, 0.25) is 0 Å². The van der Waals surface area contributed by atoms with Crippen molar-refractivity contribution in [2.24, 2.45) is 23.7 Å². The minimum atomic E-state index is -0.949. The number of thiol groups is 2. The molecule has 0 bridgehead atoms. The average molecular weight is 668 g/mol. The van der Waals surface area contributed by atoms with E-state index in [0.717, 1.165) is 38.5 Å². The van der Waals surface area contributed by atoms with Gasteiger partial charge >= 0.3 is 69.5 Å². The molecule has 0 heterocycles. The normalized spacial score (nSPS) is 13.6. The molecule has 0 spiro atoms. The Morgan fingerprint density at radius 3 is 1.16 bits per heavy atom.